The molecule has 1 amide bonds. The minimum atomic E-state index is -0.561. The standard InChI is InChI=1S/C22H18BrNO5/c1-12-5-4-6-15(7-12)24-13(2)20(22(26)27-3)16(21(24)25)8-14-9-18-19(10-17(14)23)29-11-28-18/h4-10H,11H2,1-3H3/b16-8-. The molecular formula is C22H18BrNO5. The maximum atomic E-state index is 13.3. The number of carbonyl (C=O) groups excluding carboxylic acids is 2. The van der Waals surface area contributed by atoms with Crippen molar-refractivity contribution >= 4 is 39.6 Å². The Morgan fingerprint density at radius 2 is 1.90 bits per heavy atom. The highest BCUT2D eigenvalue weighted by Gasteiger charge is 2.38. The molecule has 0 saturated heterocycles. The fourth-order valence-corrected chi connectivity index (χ4v) is 3.89. The molecule has 2 heterocycles. The van der Waals surface area contributed by atoms with E-state index >= 15 is 0 Å². The van der Waals surface area contributed by atoms with Gasteiger partial charge in [0.25, 0.3) is 5.91 Å². The number of fused-ring (bicyclic) bond motifs is 1. The Hall–Kier alpha value is -3.06. The number of esters is 1. The summed E-state index contributed by atoms with van der Waals surface area (Å²) < 4.78 is 16.5. The molecule has 0 bridgehead atoms. The third-order valence-corrected chi connectivity index (χ3v) is 5.53. The van der Waals surface area contributed by atoms with E-state index in [0.29, 0.717) is 28.4 Å². The molecule has 2 aliphatic heterocycles. The maximum Gasteiger partial charge on any atom is 0.340 e. The van der Waals surface area contributed by atoms with E-state index in [9.17, 15) is 9.59 Å². The first kappa shape index (κ1) is 19.3. The Balaban J connectivity index is 1.85. The second-order valence-corrected chi connectivity index (χ2v) is 7.57. The van der Waals surface area contributed by atoms with Gasteiger partial charge in [0, 0.05) is 15.9 Å². The number of hydrogen-bond acceptors (Lipinski definition) is 5. The molecule has 0 aromatic heterocycles. The number of ether oxygens (including phenoxy) is 3. The van der Waals surface area contributed by atoms with E-state index in [1.165, 1.54) is 12.0 Å². The minimum absolute atomic E-state index is 0.147. The summed E-state index contributed by atoms with van der Waals surface area (Å²) in [7, 11) is 1.30. The third kappa shape index (κ3) is 3.31. The van der Waals surface area contributed by atoms with Crippen molar-refractivity contribution in [1.29, 1.82) is 0 Å². The molecule has 148 valence electrons. The lowest BCUT2D eigenvalue weighted by Gasteiger charge is -2.18. The predicted molar refractivity (Wildman–Crippen MR) is 112 cm³/mol. The van der Waals surface area contributed by atoms with Crippen molar-refractivity contribution in [3.05, 3.63) is 68.8 Å². The highest BCUT2D eigenvalue weighted by Crippen LogP contribution is 2.40. The van der Waals surface area contributed by atoms with Gasteiger partial charge in [-0.05, 0) is 55.3 Å². The summed E-state index contributed by atoms with van der Waals surface area (Å²) in [6.45, 7) is 3.83. The van der Waals surface area contributed by atoms with E-state index in [2.05, 4.69) is 15.9 Å². The fraction of sp³-hybridized carbons (Fsp3) is 0.182. The van der Waals surface area contributed by atoms with Gasteiger partial charge < -0.3 is 14.2 Å². The van der Waals surface area contributed by atoms with Crippen LogP contribution < -0.4 is 14.4 Å². The average molecular weight is 456 g/mol. The zero-order chi connectivity index (χ0) is 20.7. The molecule has 6 nitrogen and oxygen atoms in total. The van der Waals surface area contributed by atoms with Gasteiger partial charge in [-0.1, -0.05) is 28.1 Å². The first-order valence-electron chi connectivity index (χ1n) is 8.92. The van der Waals surface area contributed by atoms with E-state index in [1.807, 2.05) is 31.2 Å². The van der Waals surface area contributed by atoms with Crippen molar-refractivity contribution in [2.75, 3.05) is 18.8 Å². The molecule has 4 rings (SSSR count). The molecule has 0 saturated carbocycles. The molecular weight excluding hydrogens is 438 g/mol. The molecule has 2 aromatic carbocycles. The number of hydrogen-bond donors (Lipinski definition) is 0. The number of aryl methyl sites for hydroxylation is 1. The second-order valence-electron chi connectivity index (χ2n) is 6.72. The molecule has 0 unspecified atom stereocenters. The zero-order valence-corrected chi connectivity index (χ0v) is 17.7. The van der Waals surface area contributed by atoms with E-state index < -0.39 is 5.97 Å². The Bertz CT molecular complexity index is 1100. The first-order chi connectivity index (χ1) is 13.9. The highest BCUT2D eigenvalue weighted by atomic mass is 79.9. The van der Waals surface area contributed by atoms with E-state index in [4.69, 9.17) is 14.2 Å². The summed E-state index contributed by atoms with van der Waals surface area (Å²) >= 11 is 3.50. The van der Waals surface area contributed by atoms with Gasteiger partial charge in [-0.15, -0.1) is 0 Å². The Morgan fingerprint density at radius 3 is 2.59 bits per heavy atom. The molecule has 2 aromatic rings. The van der Waals surface area contributed by atoms with Gasteiger partial charge >= 0.3 is 5.97 Å². The summed E-state index contributed by atoms with van der Waals surface area (Å²) in [5.74, 6) is 0.353. The van der Waals surface area contributed by atoms with Gasteiger partial charge in [0.1, 0.15) is 0 Å². The topological polar surface area (TPSA) is 65.1 Å². The van der Waals surface area contributed by atoms with Gasteiger partial charge in [-0.3, -0.25) is 9.69 Å². The molecule has 0 N–H and O–H groups in total. The van der Waals surface area contributed by atoms with Crippen LogP contribution >= 0.6 is 15.9 Å². The highest BCUT2D eigenvalue weighted by molar-refractivity contribution is 9.10. The first-order valence-corrected chi connectivity index (χ1v) is 9.71. The molecule has 0 spiro atoms. The number of benzene rings is 2. The second kappa shape index (κ2) is 7.40. The summed E-state index contributed by atoms with van der Waals surface area (Å²) in [5, 5.41) is 0. The van der Waals surface area contributed by atoms with Crippen LogP contribution in [0.25, 0.3) is 6.08 Å². The van der Waals surface area contributed by atoms with Crippen LogP contribution in [0.15, 0.2) is 57.7 Å². The molecule has 7 heteroatoms. The van der Waals surface area contributed by atoms with Gasteiger partial charge in [-0.25, -0.2) is 4.79 Å². The van der Waals surface area contributed by atoms with Crippen molar-refractivity contribution in [2.24, 2.45) is 0 Å². The van der Waals surface area contributed by atoms with Crippen LogP contribution in [0.3, 0.4) is 0 Å². The van der Waals surface area contributed by atoms with Gasteiger partial charge in [0.2, 0.25) is 6.79 Å². The summed E-state index contributed by atoms with van der Waals surface area (Å²) in [6, 6.07) is 11.1. The lowest BCUT2D eigenvalue weighted by atomic mass is 10.0. The lowest BCUT2D eigenvalue weighted by Crippen LogP contribution is -2.24. The van der Waals surface area contributed by atoms with E-state index in [0.717, 1.165) is 10.0 Å². The number of allylic oxidation sites excluding steroid dienone is 1. The van der Waals surface area contributed by atoms with Crippen LogP contribution in [0.5, 0.6) is 11.5 Å². The molecule has 0 atom stereocenters. The molecule has 0 radical (unpaired) electrons. The van der Waals surface area contributed by atoms with Crippen molar-refractivity contribution in [3.8, 4) is 11.5 Å². The summed E-state index contributed by atoms with van der Waals surface area (Å²) in [6.07, 6.45) is 1.67. The fourth-order valence-electron chi connectivity index (χ4n) is 3.46. The lowest BCUT2D eigenvalue weighted by molar-refractivity contribution is -0.136. The van der Waals surface area contributed by atoms with Gasteiger partial charge in [-0.2, -0.15) is 0 Å². The summed E-state index contributed by atoms with van der Waals surface area (Å²) in [4.78, 5) is 27.4. The maximum absolute atomic E-state index is 13.3. The number of nitrogens with zero attached hydrogens (tertiary/aromatic N) is 1. The molecule has 2 aliphatic rings. The number of carbonyl (C=O) groups is 2. The van der Waals surface area contributed by atoms with Crippen LogP contribution in [0, 0.1) is 6.92 Å². The quantitative estimate of drug-likeness (QED) is 0.507. The largest absolute Gasteiger partial charge is 0.465 e. The monoisotopic (exact) mass is 455 g/mol. The number of rotatable bonds is 3. The third-order valence-electron chi connectivity index (χ3n) is 4.84. The van der Waals surface area contributed by atoms with Gasteiger partial charge in [0.05, 0.1) is 18.3 Å². The van der Waals surface area contributed by atoms with Crippen LogP contribution in [0.1, 0.15) is 18.1 Å². The summed E-state index contributed by atoms with van der Waals surface area (Å²) in [5.41, 5.74) is 3.42. The van der Waals surface area contributed by atoms with Crippen LogP contribution in [-0.4, -0.2) is 25.8 Å². The van der Waals surface area contributed by atoms with Crippen molar-refractivity contribution < 1.29 is 23.8 Å². The number of anilines is 1. The van der Waals surface area contributed by atoms with Crippen LogP contribution in [0.4, 0.5) is 5.69 Å². The van der Waals surface area contributed by atoms with Crippen molar-refractivity contribution in [1.82, 2.24) is 0 Å². The van der Waals surface area contributed by atoms with Crippen molar-refractivity contribution in [2.45, 2.75) is 13.8 Å². The van der Waals surface area contributed by atoms with Crippen molar-refractivity contribution in [3.63, 3.8) is 0 Å². The molecule has 29 heavy (non-hydrogen) atoms. The smallest absolute Gasteiger partial charge is 0.340 e. The minimum Gasteiger partial charge on any atom is -0.465 e. The number of methoxy groups -OCH3 is 1. The average Bonchev–Trinajstić information content (AvgIpc) is 3.23. The van der Waals surface area contributed by atoms with Crippen LogP contribution in [0.2, 0.25) is 0 Å². The molecule has 0 aliphatic carbocycles. The predicted octanol–water partition coefficient (Wildman–Crippen LogP) is 4.36. The van der Waals surface area contributed by atoms with E-state index in [1.54, 1.807) is 25.1 Å². The number of amides is 1. The van der Waals surface area contributed by atoms with E-state index in [-0.39, 0.29) is 23.8 Å². The number of halogens is 1. The SMILES string of the molecule is COC(=O)C1=C(C)N(c2cccc(C)c2)C(=O)/C1=C\c1cc2c(cc1Br)OCO2. The Morgan fingerprint density at radius 1 is 1.17 bits per heavy atom. The van der Waals surface area contributed by atoms with Crippen LogP contribution in [-0.2, 0) is 14.3 Å². The Labute approximate surface area is 176 Å². The Kier molecular flexibility index (Phi) is 4.92. The van der Waals surface area contributed by atoms with Gasteiger partial charge in [0.15, 0.2) is 11.5 Å². The molecule has 0 fully saturated rings. The zero-order valence-electron chi connectivity index (χ0n) is 16.1. The normalized spacial score (nSPS) is 16.8.